The molecule has 0 bridgehead atoms. The highest BCUT2D eigenvalue weighted by molar-refractivity contribution is 7.09. The molecule has 7 heteroatoms. The van der Waals surface area contributed by atoms with Gasteiger partial charge in [-0.25, -0.2) is 4.98 Å². The molecule has 0 saturated carbocycles. The van der Waals surface area contributed by atoms with Crippen molar-refractivity contribution in [1.82, 2.24) is 20.1 Å². The molecule has 2 rings (SSSR count). The molecule has 0 fully saturated rings. The summed E-state index contributed by atoms with van der Waals surface area (Å²) in [7, 11) is 3.89. The predicted octanol–water partition coefficient (Wildman–Crippen LogP) is 3.60. The van der Waals surface area contributed by atoms with Crippen LogP contribution in [0.5, 0.6) is 0 Å². The molecule has 0 aliphatic carbocycles. The second-order valence-electron chi connectivity index (χ2n) is 5.94. The maximum Gasteiger partial charge on any atom is 0.193 e. The minimum absolute atomic E-state index is 0.355. The van der Waals surface area contributed by atoms with Crippen molar-refractivity contribution in [3.05, 3.63) is 38.5 Å². The van der Waals surface area contributed by atoms with Crippen LogP contribution in [0.3, 0.4) is 0 Å². The number of rotatable bonds is 8. The fourth-order valence-electron chi connectivity index (χ4n) is 2.96. The first-order valence-corrected chi connectivity index (χ1v) is 10.5. The number of thiophene rings is 1. The highest BCUT2D eigenvalue weighted by atomic mass is 32.1. The van der Waals surface area contributed by atoms with E-state index in [0.29, 0.717) is 6.04 Å². The minimum Gasteiger partial charge on any atom is -0.354 e. The average Bonchev–Trinajstić information content (AvgIpc) is 3.26. The van der Waals surface area contributed by atoms with Gasteiger partial charge in [-0.15, -0.1) is 11.3 Å². The van der Waals surface area contributed by atoms with E-state index in [4.69, 9.17) is 0 Å². The van der Waals surface area contributed by atoms with Crippen molar-refractivity contribution in [3.63, 3.8) is 0 Å². The minimum atomic E-state index is 0.355. The number of guanidine groups is 1. The molecule has 138 valence electrons. The molecule has 1 unspecified atom stereocenters. The number of likely N-dealkylation sites (N-methyl/N-ethyl adjacent to an activating group) is 1. The summed E-state index contributed by atoms with van der Waals surface area (Å²) in [6, 6.07) is 2.58. The van der Waals surface area contributed by atoms with Crippen molar-refractivity contribution in [2.24, 2.45) is 4.99 Å². The van der Waals surface area contributed by atoms with Crippen molar-refractivity contribution in [3.8, 4) is 0 Å². The van der Waals surface area contributed by atoms with E-state index in [2.05, 4.69) is 68.2 Å². The monoisotopic (exact) mass is 379 g/mol. The van der Waals surface area contributed by atoms with Gasteiger partial charge in [-0.2, -0.15) is 11.3 Å². The quantitative estimate of drug-likeness (QED) is 0.562. The van der Waals surface area contributed by atoms with Gasteiger partial charge in [0.05, 0.1) is 23.3 Å². The zero-order chi connectivity index (χ0) is 18.2. The summed E-state index contributed by atoms with van der Waals surface area (Å²) in [6.45, 7) is 10.1. The Labute approximate surface area is 159 Å². The maximum atomic E-state index is 4.55. The molecular weight excluding hydrogens is 350 g/mol. The molecular formula is C18H29N5S2. The van der Waals surface area contributed by atoms with Gasteiger partial charge in [-0.05, 0) is 42.4 Å². The first kappa shape index (κ1) is 19.9. The lowest BCUT2D eigenvalue weighted by Crippen LogP contribution is -2.43. The SMILES string of the molecule is CCN(CC)C(CNC(=NC)N(C)Cc1csc(C)n1)c1ccsc1. The fraction of sp³-hybridized carbons (Fsp3) is 0.556. The molecule has 1 N–H and O–H groups in total. The van der Waals surface area contributed by atoms with E-state index in [0.717, 1.165) is 42.8 Å². The van der Waals surface area contributed by atoms with Gasteiger partial charge in [0.2, 0.25) is 0 Å². The van der Waals surface area contributed by atoms with Gasteiger partial charge in [-0.1, -0.05) is 13.8 Å². The smallest absolute Gasteiger partial charge is 0.193 e. The lowest BCUT2D eigenvalue weighted by Gasteiger charge is -2.31. The summed E-state index contributed by atoms with van der Waals surface area (Å²) in [6.07, 6.45) is 0. The summed E-state index contributed by atoms with van der Waals surface area (Å²) in [5.74, 6) is 0.901. The molecule has 0 aliphatic heterocycles. The third-order valence-electron chi connectivity index (χ3n) is 4.27. The van der Waals surface area contributed by atoms with Gasteiger partial charge >= 0.3 is 0 Å². The van der Waals surface area contributed by atoms with E-state index in [-0.39, 0.29) is 0 Å². The van der Waals surface area contributed by atoms with Crippen LogP contribution in [-0.4, -0.2) is 54.5 Å². The number of hydrogen-bond acceptors (Lipinski definition) is 5. The van der Waals surface area contributed by atoms with E-state index < -0.39 is 0 Å². The largest absolute Gasteiger partial charge is 0.354 e. The number of nitrogens with one attached hydrogen (secondary N) is 1. The van der Waals surface area contributed by atoms with E-state index in [1.54, 1.807) is 22.7 Å². The highest BCUT2D eigenvalue weighted by Gasteiger charge is 2.19. The summed E-state index contributed by atoms with van der Waals surface area (Å²) >= 11 is 3.44. The van der Waals surface area contributed by atoms with Crippen LogP contribution in [0.25, 0.3) is 0 Å². The molecule has 0 amide bonds. The van der Waals surface area contributed by atoms with Crippen molar-refractivity contribution < 1.29 is 0 Å². The second kappa shape index (κ2) is 9.89. The van der Waals surface area contributed by atoms with E-state index in [1.165, 1.54) is 5.56 Å². The fourth-order valence-corrected chi connectivity index (χ4v) is 4.27. The van der Waals surface area contributed by atoms with Crippen LogP contribution >= 0.6 is 22.7 Å². The van der Waals surface area contributed by atoms with Gasteiger partial charge < -0.3 is 10.2 Å². The molecule has 25 heavy (non-hydrogen) atoms. The summed E-state index contributed by atoms with van der Waals surface area (Å²) in [5, 5.41) is 11.2. The van der Waals surface area contributed by atoms with E-state index in [9.17, 15) is 0 Å². The van der Waals surface area contributed by atoms with Crippen molar-refractivity contribution in [2.45, 2.75) is 33.4 Å². The predicted molar refractivity (Wildman–Crippen MR) is 110 cm³/mol. The van der Waals surface area contributed by atoms with Gasteiger partial charge in [-0.3, -0.25) is 9.89 Å². The molecule has 0 saturated heterocycles. The maximum absolute atomic E-state index is 4.55. The highest BCUT2D eigenvalue weighted by Crippen LogP contribution is 2.22. The Hall–Kier alpha value is -1.44. The zero-order valence-corrected chi connectivity index (χ0v) is 17.5. The molecule has 0 aliphatic rings. The molecule has 2 aromatic heterocycles. The number of aromatic nitrogens is 1. The van der Waals surface area contributed by atoms with Crippen molar-refractivity contribution in [1.29, 1.82) is 0 Å². The first-order chi connectivity index (χ1) is 12.1. The molecule has 0 spiro atoms. The van der Waals surface area contributed by atoms with Crippen LogP contribution in [-0.2, 0) is 6.54 Å². The standard InChI is InChI=1S/C18H29N5S2/c1-6-23(7-2)17(15-8-9-24-12-15)10-20-18(19-4)22(5)11-16-13-25-14(3)21-16/h8-9,12-13,17H,6-7,10-11H2,1-5H3,(H,19,20). The lowest BCUT2D eigenvalue weighted by molar-refractivity contribution is 0.218. The molecule has 1 atom stereocenters. The van der Waals surface area contributed by atoms with Crippen LogP contribution in [0.2, 0.25) is 0 Å². The third-order valence-corrected chi connectivity index (χ3v) is 5.80. The summed E-state index contributed by atoms with van der Waals surface area (Å²) < 4.78 is 0. The summed E-state index contributed by atoms with van der Waals surface area (Å²) in [5.41, 5.74) is 2.46. The Morgan fingerprint density at radius 2 is 2.08 bits per heavy atom. The molecule has 5 nitrogen and oxygen atoms in total. The number of thiazole rings is 1. The second-order valence-corrected chi connectivity index (χ2v) is 7.78. The number of aryl methyl sites for hydroxylation is 1. The van der Waals surface area contributed by atoms with Gasteiger partial charge in [0.15, 0.2) is 5.96 Å². The number of hydrogen-bond donors (Lipinski definition) is 1. The normalized spacial score (nSPS) is 13.3. The number of nitrogens with zero attached hydrogens (tertiary/aromatic N) is 4. The topological polar surface area (TPSA) is 43.8 Å². The zero-order valence-electron chi connectivity index (χ0n) is 15.8. The van der Waals surface area contributed by atoms with Crippen LogP contribution in [0.4, 0.5) is 0 Å². The Morgan fingerprint density at radius 1 is 1.32 bits per heavy atom. The Morgan fingerprint density at radius 3 is 2.60 bits per heavy atom. The van der Waals surface area contributed by atoms with Crippen molar-refractivity contribution >= 4 is 28.6 Å². The van der Waals surface area contributed by atoms with Crippen LogP contribution in [0.1, 0.15) is 36.2 Å². The number of aliphatic imine (C=N–C) groups is 1. The van der Waals surface area contributed by atoms with E-state index >= 15 is 0 Å². The van der Waals surface area contributed by atoms with Crippen LogP contribution < -0.4 is 5.32 Å². The lowest BCUT2D eigenvalue weighted by atomic mass is 10.1. The molecule has 2 aromatic rings. The molecule has 0 aromatic carbocycles. The van der Waals surface area contributed by atoms with E-state index in [1.807, 2.05) is 14.0 Å². The molecule has 0 radical (unpaired) electrons. The first-order valence-electron chi connectivity index (χ1n) is 8.67. The van der Waals surface area contributed by atoms with Crippen LogP contribution in [0, 0.1) is 6.92 Å². The summed E-state index contributed by atoms with van der Waals surface area (Å²) in [4.78, 5) is 13.6. The Bertz CT molecular complexity index is 646. The van der Waals surface area contributed by atoms with Gasteiger partial charge in [0.25, 0.3) is 0 Å². The Kier molecular flexibility index (Phi) is 7.87. The van der Waals surface area contributed by atoms with Gasteiger partial charge in [0, 0.05) is 26.0 Å². The van der Waals surface area contributed by atoms with Crippen LogP contribution in [0.15, 0.2) is 27.2 Å². The molecule has 2 heterocycles. The van der Waals surface area contributed by atoms with Crippen molar-refractivity contribution in [2.75, 3.05) is 33.7 Å². The van der Waals surface area contributed by atoms with Gasteiger partial charge in [0.1, 0.15) is 0 Å². The average molecular weight is 380 g/mol. The Balaban J connectivity index is 2.01. The third kappa shape index (κ3) is 5.52.